The number of carboxylic acid groups (broad SMARTS) is 4. The number of Topliss-reactive ketones (excluding diaryl/α,β-unsaturated/α-hetero) is 8. The Hall–Kier alpha value is -4.21. The molecule has 77 heavy (non-hydrogen) atoms. The number of ketones is 8. The van der Waals surface area contributed by atoms with Crippen molar-refractivity contribution in [2.24, 2.45) is 55.2 Å². The topological polar surface area (TPSA) is 334 Å². The fourth-order valence-electron chi connectivity index (χ4n) is 6.32. The summed E-state index contributed by atoms with van der Waals surface area (Å²) in [4.78, 5) is 149. The van der Waals surface area contributed by atoms with E-state index >= 15 is 0 Å². The molecule has 0 aromatic rings. The van der Waals surface area contributed by atoms with Gasteiger partial charge in [0, 0.05) is 34.9 Å². The molecule has 0 aliphatic carbocycles. The monoisotopic (exact) mass is 1130 g/mol. The summed E-state index contributed by atoms with van der Waals surface area (Å²) in [5.74, 6) is -12.7. The van der Waals surface area contributed by atoms with Crippen LogP contribution in [-0.4, -0.2) is 121 Å². The second kappa shape index (κ2) is 29.8. The Kier molecular flexibility index (Phi) is 29.9. The third-order valence-corrected chi connectivity index (χ3v) is 12.7. The first-order valence-corrected chi connectivity index (χ1v) is 25.5. The second-order valence-electron chi connectivity index (χ2n) is 26.0. The fraction of sp³-hybridized carbons (Fsp3) is 0.786. The molecule has 0 aromatic heterocycles. The van der Waals surface area contributed by atoms with Crippen molar-refractivity contribution in [2.45, 2.75) is 202 Å². The Labute approximate surface area is 470 Å². The molecular weight excluding hydrogens is 1040 g/mol. The molecule has 0 saturated carbocycles. The molecule has 0 amide bonds. The molecule has 20 nitrogen and oxygen atoms in total. The number of carbonyl (C=O) groups is 12. The molecule has 0 aliphatic rings. The quantitative estimate of drug-likeness (QED) is 0.0529. The van der Waals surface area contributed by atoms with Crippen molar-refractivity contribution in [1.82, 2.24) is 0 Å². The third-order valence-electron chi connectivity index (χ3n) is 12.7. The summed E-state index contributed by atoms with van der Waals surface area (Å²) in [6.45, 7) is 31.9. The summed E-state index contributed by atoms with van der Waals surface area (Å²) < 4.78 is 22.5. The Morgan fingerprint density at radius 2 is 0.481 bits per heavy atom. The zero-order valence-electron chi connectivity index (χ0n) is 49.8. The van der Waals surface area contributed by atoms with Crippen LogP contribution in [0.4, 0.5) is 0 Å². The average molecular weight is 1130 g/mol. The van der Waals surface area contributed by atoms with Crippen molar-refractivity contribution in [2.75, 3.05) is 26.4 Å². The van der Waals surface area contributed by atoms with E-state index in [1.165, 1.54) is 0 Å². The zero-order valence-corrected chi connectivity index (χ0v) is 51.3. The SMILES string of the molecule is CC(CCCOC(C(=O)C(C)(C)C)C(=O)C(C)(C)C(=O)[O-])COC(C(=O)C(C)(C)C)C(=O)C(C)(C)C(=O)[O-].CC(CCCOC(C(=O)C(C)(C)C)C(=O)C(C)(C)C(=O)[O-])COC(C(=O)C(C)(C)C)C(=O)C(C)(C)C(=O)[O-].[Ti+4]. The van der Waals surface area contributed by atoms with Gasteiger partial charge in [-0.3, -0.25) is 38.4 Å². The summed E-state index contributed by atoms with van der Waals surface area (Å²) in [6, 6.07) is 0. The van der Waals surface area contributed by atoms with E-state index in [0.29, 0.717) is 25.7 Å². The van der Waals surface area contributed by atoms with Crippen LogP contribution in [0.2, 0.25) is 0 Å². The number of carbonyl (C=O) groups excluding carboxylic acids is 12. The van der Waals surface area contributed by atoms with Crippen molar-refractivity contribution in [3.05, 3.63) is 0 Å². The molecule has 0 spiro atoms. The van der Waals surface area contributed by atoms with Crippen molar-refractivity contribution < 1.29 is 119 Å². The van der Waals surface area contributed by atoms with Gasteiger partial charge in [0.25, 0.3) is 0 Å². The molecular formula is C56H88O20Ti. The van der Waals surface area contributed by atoms with Crippen LogP contribution in [0.3, 0.4) is 0 Å². The molecule has 0 N–H and O–H groups in total. The van der Waals surface area contributed by atoms with E-state index in [2.05, 4.69) is 0 Å². The van der Waals surface area contributed by atoms with E-state index in [0.717, 1.165) is 55.4 Å². The molecule has 0 bridgehead atoms. The van der Waals surface area contributed by atoms with Crippen LogP contribution in [-0.2, 0) is 98.2 Å². The summed E-state index contributed by atoms with van der Waals surface area (Å²) in [7, 11) is 0. The average Bonchev–Trinajstić information content (AvgIpc) is 3.26. The summed E-state index contributed by atoms with van der Waals surface area (Å²) in [5, 5.41) is 45.8. The molecule has 0 heterocycles. The Morgan fingerprint density at radius 1 is 0.312 bits per heavy atom. The Morgan fingerprint density at radius 3 is 0.636 bits per heavy atom. The van der Waals surface area contributed by atoms with Gasteiger partial charge < -0.3 is 58.6 Å². The molecule has 0 radical (unpaired) electrons. The summed E-state index contributed by atoms with van der Waals surface area (Å²) in [6.07, 6.45) is -4.71. The van der Waals surface area contributed by atoms with Gasteiger partial charge in [0.05, 0.1) is 58.8 Å². The Balaban J connectivity index is -0.00000140. The molecule has 436 valence electrons. The first-order valence-electron chi connectivity index (χ1n) is 25.5. The van der Waals surface area contributed by atoms with E-state index in [1.54, 1.807) is 96.9 Å². The van der Waals surface area contributed by atoms with Gasteiger partial charge in [-0.15, -0.1) is 0 Å². The molecule has 6 unspecified atom stereocenters. The van der Waals surface area contributed by atoms with Crippen LogP contribution in [0, 0.1) is 55.2 Å². The smallest absolute Gasteiger partial charge is 0.549 e. The molecule has 0 fully saturated rings. The maximum Gasteiger partial charge on any atom is 4.00 e. The Bertz CT molecular complexity index is 1990. The van der Waals surface area contributed by atoms with Crippen molar-refractivity contribution in [3.8, 4) is 0 Å². The van der Waals surface area contributed by atoms with Crippen molar-refractivity contribution in [1.29, 1.82) is 0 Å². The maximum atomic E-state index is 12.9. The second-order valence-corrected chi connectivity index (χ2v) is 26.0. The largest absolute Gasteiger partial charge is 4.00 e. The zero-order chi connectivity index (χ0) is 60.9. The van der Waals surface area contributed by atoms with Gasteiger partial charge in [-0.1, -0.05) is 96.9 Å². The number of rotatable bonds is 32. The van der Waals surface area contributed by atoms with Crippen LogP contribution in [0.25, 0.3) is 0 Å². The van der Waals surface area contributed by atoms with Gasteiger partial charge in [-0.25, -0.2) is 0 Å². The van der Waals surface area contributed by atoms with Gasteiger partial charge in [0.1, 0.15) is 0 Å². The van der Waals surface area contributed by atoms with Gasteiger partial charge in [-0.2, -0.15) is 0 Å². The van der Waals surface area contributed by atoms with E-state index in [4.69, 9.17) is 18.9 Å². The van der Waals surface area contributed by atoms with Crippen LogP contribution in [0.5, 0.6) is 0 Å². The summed E-state index contributed by atoms with van der Waals surface area (Å²) >= 11 is 0. The standard InChI is InChI=1S/2C28H46O10.Ti/c2*1-16(15-38-18(20(30)26(5,6)7)22(32)28(10,11)24(35)36)13-12-14-37-17(19(29)25(2,3)4)21(31)27(8,9)23(33)34;/h2*16-18H,12-15H2,1-11H3,(H,33,34)(H,35,36);/q;;+4/p-4. The molecule has 21 heteroatoms. The minimum absolute atomic E-state index is 0. The van der Waals surface area contributed by atoms with E-state index in [-0.39, 0.29) is 60.0 Å². The predicted molar refractivity (Wildman–Crippen MR) is 269 cm³/mol. The number of carboxylic acids is 4. The minimum atomic E-state index is -1.93. The number of ether oxygens (including phenoxy) is 4. The van der Waals surface area contributed by atoms with Crippen molar-refractivity contribution >= 4 is 70.1 Å². The summed E-state index contributed by atoms with van der Waals surface area (Å²) in [5.41, 5.74) is -11.5. The van der Waals surface area contributed by atoms with Crippen LogP contribution >= 0.6 is 0 Å². The van der Waals surface area contributed by atoms with Gasteiger partial charge >= 0.3 is 21.7 Å². The van der Waals surface area contributed by atoms with Crippen molar-refractivity contribution in [3.63, 3.8) is 0 Å². The molecule has 0 aromatic carbocycles. The van der Waals surface area contributed by atoms with Crippen LogP contribution < -0.4 is 20.4 Å². The third kappa shape index (κ3) is 22.8. The maximum absolute atomic E-state index is 12.9. The molecule has 0 saturated heterocycles. The van der Waals surface area contributed by atoms with Crippen LogP contribution in [0.1, 0.15) is 178 Å². The number of aliphatic carboxylic acids is 4. The van der Waals surface area contributed by atoms with Gasteiger partial charge in [0.15, 0.2) is 70.7 Å². The van der Waals surface area contributed by atoms with Gasteiger partial charge in [0.2, 0.25) is 0 Å². The fourth-order valence-corrected chi connectivity index (χ4v) is 6.32. The first kappa shape index (κ1) is 77.0. The van der Waals surface area contributed by atoms with E-state index in [9.17, 15) is 78.0 Å². The van der Waals surface area contributed by atoms with E-state index < -0.39 is 138 Å². The number of hydrogen-bond donors (Lipinski definition) is 0. The van der Waals surface area contributed by atoms with Gasteiger partial charge in [-0.05, 0) is 92.9 Å². The molecule has 0 aliphatic heterocycles. The molecule has 0 rings (SSSR count). The predicted octanol–water partition coefficient (Wildman–Crippen LogP) is 2.19. The van der Waals surface area contributed by atoms with E-state index in [1.807, 2.05) is 0 Å². The first-order chi connectivity index (χ1) is 33.8. The molecule has 6 atom stereocenters. The number of hydrogen-bond acceptors (Lipinski definition) is 20. The normalized spacial score (nSPS) is 15.1. The van der Waals surface area contributed by atoms with Crippen LogP contribution in [0.15, 0.2) is 0 Å². The minimum Gasteiger partial charge on any atom is -0.549 e.